The van der Waals surface area contributed by atoms with Crippen molar-refractivity contribution in [2.45, 2.75) is 71.8 Å². The van der Waals surface area contributed by atoms with Crippen molar-refractivity contribution >= 4 is 0 Å². The second-order valence-corrected chi connectivity index (χ2v) is 8.10. The van der Waals surface area contributed by atoms with Crippen molar-refractivity contribution in [2.24, 2.45) is 23.0 Å². The molecule has 1 aliphatic heterocycles. The molecule has 1 saturated heterocycles. The number of hydrogen-bond donors (Lipinski definition) is 1. The Morgan fingerprint density at radius 3 is 2.53 bits per heavy atom. The summed E-state index contributed by atoms with van der Waals surface area (Å²) in [5.41, 5.74) is 7.03. The molecule has 112 valence electrons. The third-order valence-electron chi connectivity index (χ3n) is 5.96. The highest BCUT2D eigenvalue weighted by Crippen LogP contribution is 2.43. The van der Waals surface area contributed by atoms with Gasteiger partial charge in [-0.2, -0.15) is 0 Å². The highest BCUT2D eigenvalue weighted by Gasteiger charge is 2.44. The summed E-state index contributed by atoms with van der Waals surface area (Å²) in [6, 6.07) is 0. The van der Waals surface area contributed by atoms with Crippen molar-refractivity contribution < 1.29 is 0 Å². The fourth-order valence-electron chi connectivity index (χ4n) is 4.31. The zero-order valence-corrected chi connectivity index (χ0v) is 13.5. The molecule has 0 bridgehead atoms. The van der Waals surface area contributed by atoms with Gasteiger partial charge < -0.3 is 5.73 Å². The predicted molar refractivity (Wildman–Crippen MR) is 83.2 cm³/mol. The molecule has 0 radical (unpaired) electrons. The van der Waals surface area contributed by atoms with Gasteiger partial charge in [-0.05, 0) is 43.1 Å². The average molecular weight is 266 g/mol. The van der Waals surface area contributed by atoms with Gasteiger partial charge in [0.05, 0.1) is 0 Å². The summed E-state index contributed by atoms with van der Waals surface area (Å²) < 4.78 is 0. The number of rotatable bonds is 3. The Kier molecular flexibility index (Phi) is 4.62. The highest BCUT2D eigenvalue weighted by molar-refractivity contribution is 5.00. The minimum atomic E-state index is 0.332. The van der Waals surface area contributed by atoms with Crippen molar-refractivity contribution in [1.82, 2.24) is 4.90 Å². The van der Waals surface area contributed by atoms with Crippen molar-refractivity contribution in [3.63, 3.8) is 0 Å². The normalized spacial score (nSPS) is 37.7. The molecule has 2 N–H and O–H groups in total. The van der Waals surface area contributed by atoms with Crippen LogP contribution in [0.4, 0.5) is 0 Å². The summed E-state index contributed by atoms with van der Waals surface area (Å²) in [4.78, 5) is 2.77. The first-order chi connectivity index (χ1) is 8.91. The second-order valence-electron chi connectivity index (χ2n) is 8.10. The van der Waals surface area contributed by atoms with Crippen molar-refractivity contribution in [3.05, 3.63) is 0 Å². The van der Waals surface area contributed by atoms with Crippen LogP contribution in [0.15, 0.2) is 0 Å². The quantitative estimate of drug-likeness (QED) is 0.845. The molecule has 0 aromatic carbocycles. The fraction of sp³-hybridized carbons (Fsp3) is 1.00. The molecule has 1 heterocycles. The van der Waals surface area contributed by atoms with Crippen LogP contribution in [0.25, 0.3) is 0 Å². The van der Waals surface area contributed by atoms with Gasteiger partial charge in [0.2, 0.25) is 0 Å². The average Bonchev–Trinajstić information content (AvgIpc) is 2.88. The third-order valence-corrected chi connectivity index (χ3v) is 5.96. The number of hydrogen-bond acceptors (Lipinski definition) is 2. The lowest BCUT2D eigenvalue weighted by molar-refractivity contribution is 0.0462. The van der Waals surface area contributed by atoms with Crippen molar-refractivity contribution in [3.8, 4) is 0 Å². The third kappa shape index (κ3) is 3.16. The van der Waals surface area contributed by atoms with E-state index in [1.165, 1.54) is 51.6 Å². The van der Waals surface area contributed by atoms with Gasteiger partial charge >= 0.3 is 0 Å². The van der Waals surface area contributed by atoms with E-state index in [1.54, 1.807) is 0 Å². The molecule has 0 amide bonds. The van der Waals surface area contributed by atoms with Gasteiger partial charge in [0.15, 0.2) is 0 Å². The molecule has 0 spiro atoms. The summed E-state index contributed by atoms with van der Waals surface area (Å²) in [7, 11) is 0. The maximum absolute atomic E-state index is 6.25. The summed E-state index contributed by atoms with van der Waals surface area (Å²) in [5.74, 6) is 1.75. The van der Waals surface area contributed by atoms with Crippen LogP contribution >= 0.6 is 0 Å². The van der Waals surface area contributed by atoms with Crippen LogP contribution in [0.5, 0.6) is 0 Å². The van der Waals surface area contributed by atoms with E-state index in [1.807, 2.05) is 0 Å². The van der Waals surface area contributed by atoms with E-state index in [-0.39, 0.29) is 0 Å². The van der Waals surface area contributed by atoms with Crippen LogP contribution in [0.1, 0.15) is 66.2 Å². The summed E-state index contributed by atoms with van der Waals surface area (Å²) >= 11 is 0. The van der Waals surface area contributed by atoms with Gasteiger partial charge in [-0.3, -0.25) is 4.90 Å². The Hall–Kier alpha value is -0.0800. The molecule has 2 fully saturated rings. The molecule has 0 aromatic heterocycles. The molecular weight excluding hydrogens is 232 g/mol. The van der Waals surface area contributed by atoms with Crippen LogP contribution in [0.3, 0.4) is 0 Å². The van der Waals surface area contributed by atoms with Crippen LogP contribution in [-0.4, -0.2) is 30.1 Å². The SMILES string of the molecule is CCC1CCCC(CN)(N2CCC(C(C)(C)C)C2)C1. The molecule has 3 atom stereocenters. The number of nitrogens with two attached hydrogens (primary N) is 1. The molecule has 3 unspecified atom stereocenters. The molecule has 1 aliphatic carbocycles. The van der Waals surface area contributed by atoms with Gasteiger partial charge in [0.1, 0.15) is 0 Å². The van der Waals surface area contributed by atoms with Gasteiger partial charge in [-0.25, -0.2) is 0 Å². The first-order valence-electron chi connectivity index (χ1n) is 8.36. The largest absolute Gasteiger partial charge is 0.329 e. The van der Waals surface area contributed by atoms with Crippen molar-refractivity contribution in [2.75, 3.05) is 19.6 Å². The Labute approximate surface area is 120 Å². The molecule has 0 aromatic rings. The first kappa shape index (κ1) is 15.3. The van der Waals surface area contributed by atoms with Crippen LogP contribution in [0, 0.1) is 17.3 Å². The Morgan fingerprint density at radius 2 is 2.00 bits per heavy atom. The number of likely N-dealkylation sites (tertiary alicyclic amines) is 1. The van der Waals surface area contributed by atoms with E-state index in [0.29, 0.717) is 11.0 Å². The Bertz CT molecular complexity index is 294. The standard InChI is InChI=1S/C17H34N2/c1-5-14-7-6-9-17(11-14,13-18)19-10-8-15(12-19)16(2,3)4/h14-15H,5-13,18H2,1-4H3. The fourth-order valence-corrected chi connectivity index (χ4v) is 4.31. The monoisotopic (exact) mass is 266 g/mol. The van der Waals surface area contributed by atoms with Crippen molar-refractivity contribution in [1.29, 1.82) is 0 Å². The maximum atomic E-state index is 6.25. The first-order valence-corrected chi connectivity index (χ1v) is 8.36. The zero-order chi connectivity index (χ0) is 14.1. The summed E-state index contributed by atoms with van der Waals surface area (Å²) in [6.45, 7) is 12.9. The summed E-state index contributed by atoms with van der Waals surface area (Å²) in [6.07, 6.45) is 8.18. The zero-order valence-electron chi connectivity index (χ0n) is 13.5. The van der Waals surface area contributed by atoms with Crippen LogP contribution < -0.4 is 5.73 Å². The minimum Gasteiger partial charge on any atom is -0.329 e. The van der Waals surface area contributed by atoms with Gasteiger partial charge in [0.25, 0.3) is 0 Å². The molecule has 2 nitrogen and oxygen atoms in total. The van der Waals surface area contributed by atoms with Crippen LogP contribution in [0.2, 0.25) is 0 Å². The number of nitrogens with zero attached hydrogens (tertiary/aromatic N) is 1. The van der Waals surface area contributed by atoms with Crippen LogP contribution in [-0.2, 0) is 0 Å². The Morgan fingerprint density at radius 1 is 1.26 bits per heavy atom. The molecular formula is C17H34N2. The van der Waals surface area contributed by atoms with E-state index < -0.39 is 0 Å². The lowest BCUT2D eigenvalue weighted by Crippen LogP contribution is -2.55. The van der Waals surface area contributed by atoms with Gasteiger partial charge in [-0.1, -0.05) is 47.0 Å². The summed E-state index contributed by atoms with van der Waals surface area (Å²) in [5, 5.41) is 0. The highest BCUT2D eigenvalue weighted by atomic mass is 15.2. The molecule has 2 aliphatic rings. The van der Waals surface area contributed by atoms with E-state index in [4.69, 9.17) is 5.73 Å². The molecule has 19 heavy (non-hydrogen) atoms. The smallest absolute Gasteiger partial charge is 0.0334 e. The molecule has 2 rings (SSSR count). The Balaban J connectivity index is 2.06. The predicted octanol–water partition coefficient (Wildman–Crippen LogP) is 3.65. The maximum Gasteiger partial charge on any atom is 0.0334 e. The topological polar surface area (TPSA) is 29.3 Å². The molecule has 2 heteroatoms. The lowest BCUT2D eigenvalue weighted by atomic mass is 9.73. The second kappa shape index (κ2) is 5.73. The molecule has 1 saturated carbocycles. The van der Waals surface area contributed by atoms with E-state index in [9.17, 15) is 0 Å². The van der Waals surface area contributed by atoms with Gasteiger partial charge in [0, 0.05) is 18.6 Å². The van der Waals surface area contributed by atoms with Gasteiger partial charge in [-0.15, -0.1) is 0 Å². The minimum absolute atomic E-state index is 0.332. The van der Waals surface area contributed by atoms with E-state index in [2.05, 4.69) is 32.6 Å². The van der Waals surface area contributed by atoms with E-state index in [0.717, 1.165) is 18.4 Å². The van der Waals surface area contributed by atoms with E-state index >= 15 is 0 Å². The lowest BCUT2D eigenvalue weighted by Gasteiger charge is -2.47.